The molecule has 1 N–H and O–H groups in total. The summed E-state index contributed by atoms with van der Waals surface area (Å²) in [7, 11) is 1.80. The number of nitrogens with one attached hydrogen (secondary N) is 1. The summed E-state index contributed by atoms with van der Waals surface area (Å²) >= 11 is 0. The Balaban J connectivity index is 1.42. The molecular formula is C18H27N5O2. The lowest BCUT2D eigenvalue weighted by atomic mass is 9.99. The van der Waals surface area contributed by atoms with Crippen LogP contribution in [-0.2, 0) is 30.7 Å². The second-order valence-electron chi connectivity index (χ2n) is 6.79. The van der Waals surface area contributed by atoms with Gasteiger partial charge in [-0.1, -0.05) is 6.92 Å². The Morgan fingerprint density at radius 2 is 2.28 bits per heavy atom. The first kappa shape index (κ1) is 17.7. The molecule has 0 fully saturated rings. The summed E-state index contributed by atoms with van der Waals surface area (Å²) < 4.78 is 7.76. The third-order valence-electron chi connectivity index (χ3n) is 4.76. The van der Waals surface area contributed by atoms with Gasteiger partial charge in [0.1, 0.15) is 23.2 Å². The smallest absolute Gasteiger partial charge is 0.236 e. The fourth-order valence-electron chi connectivity index (χ4n) is 3.29. The summed E-state index contributed by atoms with van der Waals surface area (Å²) in [6, 6.07) is 3.83. The maximum Gasteiger partial charge on any atom is 0.236 e. The van der Waals surface area contributed by atoms with E-state index in [1.165, 1.54) is 0 Å². The highest BCUT2D eigenvalue weighted by Gasteiger charge is 2.22. The third-order valence-corrected chi connectivity index (χ3v) is 4.76. The summed E-state index contributed by atoms with van der Waals surface area (Å²) in [6.45, 7) is 6.63. The highest BCUT2D eigenvalue weighted by Crippen LogP contribution is 2.19. The van der Waals surface area contributed by atoms with Crippen molar-refractivity contribution in [3.05, 3.63) is 35.3 Å². The van der Waals surface area contributed by atoms with E-state index < -0.39 is 0 Å². The SMILES string of the molecule is CCc1nnc2n1C[C@H](CNCC(=O)N(C)Cc1ccc(C)o1)CC2. The van der Waals surface area contributed by atoms with E-state index >= 15 is 0 Å². The number of hydrogen-bond donors (Lipinski definition) is 1. The fourth-order valence-corrected chi connectivity index (χ4v) is 3.29. The summed E-state index contributed by atoms with van der Waals surface area (Å²) in [4.78, 5) is 13.9. The third kappa shape index (κ3) is 4.28. The van der Waals surface area contributed by atoms with E-state index in [4.69, 9.17) is 4.42 Å². The van der Waals surface area contributed by atoms with Gasteiger partial charge in [-0.25, -0.2) is 0 Å². The maximum atomic E-state index is 12.2. The zero-order valence-electron chi connectivity index (χ0n) is 15.3. The van der Waals surface area contributed by atoms with E-state index in [9.17, 15) is 4.79 Å². The average molecular weight is 345 g/mol. The Bertz CT molecular complexity index is 707. The minimum absolute atomic E-state index is 0.0732. The van der Waals surface area contributed by atoms with Gasteiger partial charge in [-0.2, -0.15) is 0 Å². The predicted octanol–water partition coefficient (Wildman–Crippen LogP) is 1.55. The molecule has 1 atom stereocenters. The number of nitrogens with zero attached hydrogens (tertiary/aromatic N) is 4. The lowest BCUT2D eigenvalue weighted by Gasteiger charge is -2.25. The number of hydrogen-bond acceptors (Lipinski definition) is 5. The van der Waals surface area contributed by atoms with E-state index in [0.29, 0.717) is 19.0 Å². The molecule has 3 rings (SSSR count). The number of carbonyl (C=O) groups excluding carboxylic acids is 1. The van der Waals surface area contributed by atoms with Gasteiger partial charge < -0.3 is 19.2 Å². The molecule has 2 aromatic heterocycles. The monoisotopic (exact) mass is 345 g/mol. The van der Waals surface area contributed by atoms with Crippen molar-refractivity contribution in [2.45, 2.75) is 46.2 Å². The molecule has 0 aromatic carbocycles. The molecule has 0 aliphatic carbocycles. The number of rotatable bonds is 7. The van der Waals surface area contributed by atoms with E-state index in [1.54, 1.807) is 11.9 Å². The molecule has 0 radical (unpaired) electrons. The first-order chi connectivity index (χ1) is 12.1. The first-order valence-electron chi connectivity index (χ1n) is 8.97. The molecule has 7 heteroatoms. The van der Waals surface area contributed by atoms with E-state index in [2.05, 4.69) is 27.0 Å². The maximum absolute atomic E-state index is 12.2. The van der Waals surface area contributed by atoms with Crippen molar-refractivity contribution in [3.63, 3.8) is 0 Å². The van der Waals surface area contributed by atoms with Gasteiger partial charge >= 0.3 is 0 Å². The molecule has 1 aliphatic rings. The molecule has 0 bridgehead atoms. The number of amides is 1. The van der Waals surface area contributed by atoms with Gasteiger partial charge in [-0.05, 0) is 31.4 Å². The van der Waals surface area contributed by atoms with Crippen molar-refractivity contribution in [1.82, 2.24) is 25.0 Å². The van der Waals surface area contributed by atoms with Crippen LogP contribution in [0.1, 0.15) is 36.5 Å². The molecule has 0 unspecified atom stereocenters. The molecule has 2 aromatic rings. The molecule has 0 saturated carbocycles. The molecule has 1 aliphatic heterocycles. The largest absolute Gasteiger partial charge is 0.464 e. The first-order valence-corrected chi connectivity index (χ1v) is 8.97. The van der Waals surface area contributed by atoms with Gasteiger partial charge in [0.05, 0.1) is 13.1 Å². The Kier molecular flexibility index (Phi) is 5.53. The molecule has 0 saturated heterocycles. The summed E-state index contributed by atoms with van der Waals surface area (Å²) in [6.07, 6.45) is 2.96. The van der Waals surface area contributed by atoms with E-state index in [1.807, 2.05) is 19.1 Å². The summed E-state index contributed by atoms with van der Waals surface area (Å²) in [5, 5.41) is 11.8. The molecular weight excluding hydrogens is 318 g/mol. The van der Waals surface area contributed by atoms with Crippen LogP contribution in [-0.4, -0.2) is 45.7 Å². The highest BCUT2D eigenvalue weighted by atomic mass is 16.3. The Morgan fingerprint density at radius 1 is 1.44 bits per heavy atom. The van der Waals surface area contributed by atoms with Crippen LogP contribution < -0.4 is 5.32 Å². The Hall–Kier alpha value is -2.15. The molecule has 1 amide bonds. The second kappa shape index (κ2) is 7.82. The molecule has 0 spiro atoms. The van der Waals surface area contributed by atoms with Crippen LogP contribution in [0, 0.1) is 12.8 Å². The minimum atomic E-state index is 0.0732. The van der Waals surface area contributed by atoms with Crippen molar-refractivity contribution >= 4 is 5.91 Å². The summed E-state index contributed by atoms with van der Waals surface area (Å²) in [5.74, 6) is 4.42. The van der Waals surface area contributed by atoms with Crippen LogP contribution >= 0.6 is 0 Å². The lowest BCUT2D eigenvalue weighted by molar-refractivity contribution is -0.129. The molecule has 7 nitrogen and oxygen atoms in total. The highest BCUT2D eigenvalue weighted by molar-refractivity contribution is 5.77. The van der Waals surface area contributed by atoms with Crippen molar-refractivity contribution in [2.75, 3.05) is 20.1 Å². The van der Waals surface area contributed by atoms with Crippen molar-refractivity contribution in [2.24, 2.45) is 5.92 Å². The van der Waals surface area contributed by atoms with Crippen molar-refractivity contribution < 1.29 is 9.21 Å². The second-order valence-corrected chi connectivity index (χ2v) is 6.79. The van der Waals surface area contributed by atoms with Crippen molar-refractivity contribution in [3.8, 4) is 0 Å². The number of furan rings is 1. The predicted molar refractivity (Wildman–Crippen MR) is 94.0 cm³/mol. The van der Waals surface area contributed by atoms with Gasteiger partial charge in [-0.3, -0.25) is 4.79 Å². The standard InChI is InChI=1S/C18H27N5O2/c1-4-16-20-21-17-8-6-14(11-23(16)17)9-19-10-18(24)22(3)12-15-7-5-13(2)25-15/h5,7,14,19H,4,6,8-12H2,1-3H3/t14-/m0/s1. The molecule has 136 valence electrons. The van der Waals surface area contributed by atoms with Crippen LogP contribution in [0.4, 0.5) is 0 Å². The van der Waals surface area contributed by atoms with Crippen LogP contribution in [0.5, 0.6) is 0 Å². The van der Waals surface area contributed by atoms with Crippen LogP contribution in [0.25, 0.3) is 0 Å². The fraction of sp³-hybridized carbons (Fsp3) is 0.611. The molecule has 25 heavy (non-hydrogen) atoms. The van der Waals surface area contributed by atoms with Gasteiger partial charge in [0.25, 0.3) is 0 Å². The van der Waals surface area contributed by atoms with Crippen molar-refractivity contribution in [1.29, 1.82) is 0 Å². The van der Waals surface area contributed by atoms with Gasteiger partial charge in [0, 0.05) is 33.0 Å². The number of likely N-dealkylation sites (N-methyl/N-ethyl adjacent to an activating group) is 1. The van der Waals surface area contributed by atoms with Gasteiger partial charge in [-0.15, -0.1) is 10.2 Å². The van der Waals surface area contributed by atoms with E-state index in [-0.39, 0.29) is 5.91 Å². The number of carbonyl (C=O) groups is 1. The minimum Gasteiger partial charge on any atom is -0.464 e. The van der Waals surface area contributed by atoms with Gasteiger partial charge in [0.15, 0.2) is 0 Å². The van der Waals surface area contributed by atoms with Crippen LogP contribution in [0.3, 0.4) is 0 Å². The Morgan fingerprint density at radius 3 is 3.00 bits per heavy atom. The van der Waals surface area contributed by atoms with E-state index in [0.717, 1.165) is 55.5 Å². The summed E-state index contributed by atoms with van der Waals surface area (Å²) in [5.41, 5.74) is 0. The average Bonchev–Trinajstić information content (AvgIpc) is 3.20. The topological polar surface area (TPSA) is 76.2 Å². The lowest BCUT2D eigenvalue weighted by Crippen LogP contribution is -2.38. The number of fused-ring (bicyclic) bond motifs is 1. The zero-order chi connectivity index (χ0) is 17.8. The normalized spacial score (nSPS) is 16.7. The molecule has 3 heterocycles. The van der Waals surface area contributed by atoms with Crippen LogP contribution in [0.2, 0.25) is 0 Å². The van der Waals surface area contributed by atoms with Crippen LogP contribution in [0.15, 0.2) is 16.5 Å². The zero-order valence-corrected chi connectivity index (χ0v) is 15.3. The quantitative estimate of drug-likeness (QED) is 0.824. The Labute approximate surface area is 148 Å². The number of aryl methyl sites for hydroxylation is 3. The number of aromatic nitrogens is 3. The van der Waals surface area contributed by atoms with Gasteiger partial charge in [0.2, 0.25) is 5.91 Å².